The monoisotopic (exact) mass is 514 g/mol. The van der Waals surface area contributed by atoms with Crippen LogP contribution in [0.25, 0.3) is 0 Å². The Hall–Kier alpha value is -1.72. The number of rotatable bonds is 7. The van der Waals surface area contributed by atoms with Crippen molar-refractivity contribution in [3.63, 3.8) is 0 Å². The molecule has 1 fully saturated rings. The van der Waals surface area contributed by atoms with Crippen LogP contribution >= 0.6 is 24.0 Å². The molecule has 0 saturated carbocycles. The molecule has 0 radical (unpaired) electrons. The minimum atomic E-state index is -0.227. The highest BCUT2D eigenvalue weighted by atomic mass is 127. The number of aliphatic imine (C=N–C) groups is 1. The van der Waals surface area contributed by atoms with Gasteiger partial charge in [-0.2, -0.15) is 0 Å². The second kappa shape index (κ2) is 11.5. The number of aromatic nitrogens is 3. The van der Waals surface area contributed by atoms with Gasteiger partial charge in [-0.05, 0) is 12.5 Å². The number of guanidine groups is 1. The van der Waals surface area contributed by atoms with Crippen LogP contribution in [0.2, 0.25) is 0 Å². The van der Waals surface area contributed by atoms with Crippen molar-refractivity contribution >= 4 is 29.9 Å². The number of hydrogen-bond acceptors (Lipinski definition) is 5. The molecule has 0 spiro atoms. The number of ether oxygens (including phenoxy) is 2. The van der Waals surface area contributed by atoms with Gasteiger partial charge in [0.15, 0.2) is 11.8 Å². The highest BCUT2D eigenvalue weighted by Crippen LogP contribution is 2.23. The fourth-order valence-electron chi connectivity index (χ4n) is 3.14. The Morgan fingerprint density at radius 3 is 2.55 bits per heavy atom. The Morgan fingerprint density at radius 1 is 1.21 bits per heavy atom. The first-order chi connectivity index (χ1) is 13.6. The molecule has 0 unspecified atom stereocenters. The van der Waals surface area contributed by atoms with E-state index in [1.54, 1.807) is 7.11 Å². The number of nitrogens with zero attached hydrogens (tertiary/aromatic N) is 4. The molecule has 160 valence electrons. The quantitative estimate of drug-likeness (QED) is 0.335. The first-order valence-electron chi connectivity index (χ1n) is 9.66. The smallest absolute Gasteiger partial charge is 0.192 e. The van der Waals surface area contributed by atoms with Crippen LogP contribution in [0.5, 0.6) is 0 Å². The van der Waals surface area contributed by atoms with E-state index in [2.05, 4.69) is 33.0 Å². The van der Waals surface area contributed by atoms with Crippen molar-refractivity contribution in [2.45, 2.75) is 38.5 Å². The zero-order chi connectivity index (χ0) is 19.8. The highest BCUT2D eigenvalue weighted by Gasteiger charge is 2.32. The normalized spacial score (nSPS) is 16.2. The number of methoxy groups -OCH3 is 1. The largest absolute Gasteiger partial charge is 0.381 e. The predicted octanol–water partition coefficient (Wildman–Crippen LogP) is 2.17. The van der Waals surface area contributed by atoms with E-state index in [9.17, 15) is 0 Å². The van der Waals surface area contributed by atoms with Crippen molar-refractivity contribution in [1.29, 1.82) is 0 Å². The van der Waals surface area contributed by atoms with E-state index in [1.165, 1.54) is 0 Å². The van der Waals surface area contributed by atoms with E-state index < -0.39 is 0 Å². The van der Waals surface area contributed by atoms with Gasteiger partial charge in [0.1, 0.15) is 5.82 Å². The summed E-state index contributed by atoms with van der Waals surface area (Å²) in [7, 11) is 3.73. The van der Waals surface area contributed by atoms with Crippen LogP contribution in [-0.2, 0) is 29.6 Å². The van der Waals surface area contributed by atoms with E-state index in [-0.39, 0.29) is 29.6 Å². The first kappa shape index (κ1) is 23.6. The molecular weight excluding hydrogens is 483 g/mol. The zero-order valence-electron chi connectivity index (χ0n) is 17.4. The van der Waals surface area contributed by atoms with Crippen molar-refractivity contribution in [2.75, 3.05) is 26.9 Å². The zero-order valence-corrected chi connectivity index (χ0v) is 19.7. The molecule has 1 saturated heterocycles. The fourth-order valence-corrected chi connectivity index (χ4v) is 3.14. The summed E-state index contributed by atoms with van der Waals surface area (Å²) in [6.07, 6.45) is 1.73. The van der Waals surface area contributed by atoms with Gasteiger partial charge in [0.05, 0.1) is 18.7 Å². The Labute approximate surface area is 189 Å². The second-order valence-corrected chi connectivity index (χ2v) is 7.08. The van der Waals surface area contributed by atoms with Gasteiger partial charge in [-0.15, -0.1) is 34.2 Å². The lowest BCUT2D eigenvalue weighted by Gasteiger charge is -2.36. The molecule has 2 aromatic rings. The molecule has 9 heteroatoms. The van der Waals surface area contributed by atoms with E-state index in [0.717, 1.165) is 49.2 Å². The number of hydrogen-bond donors (Lipinski definition) is 2. The van der Waals surface area contributed by atoms with Crippen LogP contribution < -0.4 is 10.6 Å². The molecule has 2 N–H and O–H groups in total. The lowest BCUT2D eigenvalue weighted by atomic mass is 9.94. The highest BCUT2D eigenvalue weighted by molar-refractivity contribution is 14.0. The minimum absolute atomic E-state index is 0. The van der Waals surface area contributed by atoms with Crippen molar-refractivity contribution in [2.24, 2.45) is 12.0 Å². The summed E-state index contributed by atoms with van der Waals surface area (Å²) in [6.45, 7) is 5.19. The molecule has 1 aliphatic rings. The van der Waals surface area contributed by atoms with Gasteiger partial charge in [0.2, 0.25) is 0 Å². The van der Waals surface area contributed by atoms with Gasteiger partial charge in [0.25, 0.3) is 0 Å². The Morgan fingerprint density at radius 2 is 1.93 bits per heavy atom. The first-order valence-corrected chi connectivity index (χ1v) is 9.66. The maximum atomic E-state index is 5.83. The number of benzene rings is 1. The maximum absolute atomic E-state index is 5.83. The third-order valence-electron chi connectivity index (χ3n) is 5.27. The van der Waals surface area contributed by atoms with Crippen LogP contribution in [-0.4, -0.2) is 53.2 Å². The maximum Gasteiger partial charge on any atom is 0.192 e. The van der Waals surface area contributed by atoms with E-state index in [0.29, 0.717) is 19.6 Å². The fraction of sp³-hybridized carbons (Fsp3) is 0.550. The van der Waals surface area contributed by atoms with Crippen molar-refractivity contribution in [1.82, 2.24) is 25.4 Å². The standard InChI is InChI=1S/C20H30N6O2.HI/c1-16-24-25-18(26(16)2)14-22-19(21-13-17-7-5-4-6-8-17)23-15-20(27-3)9-11-28-12-10-20;/h4-8H,9-15H2,1-3H3,(H2,21,22,23);1H. The van der Waals surface area contributed by atoms with Gasteiger partial charge < -0.3 is 24.7 Å². The summed E-state index contributed by atoms with van der Waals surface area (Å²) in [5, 5.41) is 15.1. The van der Waals surface area contributed by atoms with Crippen molar-refractivity contribution in [3.05, 3.63) is 47.5 Å². The minimum Gasteiger partial charge on any atom is -0.381 e. The number of aryl methyl sites for hydroxylation is 1. The molecule has 1 aromatic carbocycles. The number of nitrogens with one attached hydrogen (secondary N) is 2. The van der Waals surface area contributed by atoms with Gasteiger partial charge in [-0.25, -0.2) is 4.99 Å². The average Bonchev–Trinajstić information content (AvgIpc) is 3.07. The van der Waals surface area contributed by atoms with Gasteiger partial charge in [0, 0.05) is 46.8 Å². The summed E-state index contributed by atoms with van der Waals surface area (Å²) >= 11 is 0. The molecule has 0 amide bonds. The van der Waals surface area contributed by atoms with Crippen LogP contribution in [0, 0.1) is 6.92 Å². The molecule has 8 nitrogen and oxygen atoms in total. The van der Waals surface area contributed by atoms with E-state index in [4.69, 9.17) is 14.5 Å². The molecule has 1 aliphatic heterocycles. The molecule has 2 heterocycles. The van der Waals surface area contributed by atoms with Gasteiger partial charge in [-0.1, -0.05) is 30.3 Å². The lowest BCUT2D eigenvalue weighted by molar-refractivity contribution is -0.0855. The van der Waals surface area contributed by atoms with Crippen LogP contribution in [0.1, 0.15) is 30.1 Å². The molecule has 0 aliphatic carbocycles. The van der Waals surface area contributed by atoms with Crippen molar-refractivity contribution in [3.8, 4) is 0 Å². The molecule has 3 rings (SSSR count). The topological polar surface area (TPSA) is 85.6 Å². The van der Waals surface area contributed by atoms with Crippen LogP contribution in [0.4, 0.5) is 0 Å². The van der Waals surface area contributed by atoms with Gasteiger partial charge >= 0.3 is 0 Å². The van der Waals surface area contributed by atoms with Crippen LogP contribution in [0.3, 0.4) is 0 Å². The molecular formula is C20H31IN6O2. The van der Waals surface area contributed by atoms with Crippen LogP contribution in [0.15, 0.2) is 35.3 Å². The third kappa shape index (κ3) is 6.65. The lowest BCUT2D eigenvalue weighted by Crippen LogP contribution is -2.50. The summed E-state index contributed by atoms with van der Waals surface area (Å²) in [4.78, 5) is 4.75. The van der Waals surface area contributed by atoms with E-state index in [1.807, 2.05) is 36.7 Å². The second-order valence-electron chi connectivity index (χ2n) is 7.08. The average molecular weight is 514 g/mol. The SMILES string of the molecule is COC1(CNC(=NCc2ccccc2)NCc2nnc(C)n2C)CCOCC1.I. The molecule has 0 atom stereocenters. The predicted molar refractivity (Wildman–Crippen MR) is 123 cm³/mol. The summed E-state index contributed by atoms with van der Waals surface area (Å²) in [6, 6.07) is 10.2. The third-order valence-corrected chi connectivity index (χ3v) is 5.27. The molecule has 29 heavy (non-hydrogen) atoms. The summed E-state index contributed by atoms with van der Waals surface area (Å²) in [5.41, 5.74) is 0.931. The summed E-state index contributed by atoms with van der Waals surface area (Å²) < 4.78 is 13.3. The molecule has 1 aromatic heterocycles. The Kier molecular flexibility index (Phi) is 9.31. The number of halogens is 1. The van der Waals surface area contributed by atoms with E-state index >= 15 is 0 Å². The van der Waals surface area contributed by atoms with Gasteiger partial charge in [-0.3, -0.25) is 0 Å². The van der Waals surface area contributed by atoms with Crippen molar-refractivity contribution < 1.29 is 9.47 Å². The molecule has 0 bridgehead atoms. The Balaban J connectivity index is 0.00000300. The summed E-state index contributed by atoms with van der Waals surface area (Å²) in [5.74, 6) is 2.47. The Bertz CT molecular complexity index is 775.